The zero-order valence-corrected chi connectivity index (χ0v) is 11.0. The van der Waals surface area contributed by atoms with Crippen molar-refractivity contribution in [1.82, 2.24) is 9.88 Å². The van der Waals surface area contributed by atoms with Crippen molar-refractivity contribution in [2.75, 3.05) is 6.54 Å². The molecule has 17 heavy (non-hydrogen) atoms. The number of aromatic nitrogens is 1. The third-order valence-electron chi connectivity index (χ3n) is 3.56. The molecule has 3 rings (SSSR count). The van der Waals surface area contributed by atoms with Gasteiger partial charge in [0, 0.05) is 41.3 Å². The summed E-state index contributed by atoms with van der Waals surface area (Å²) < 4.78 is 2.44. The molecule has 1 aromatic carbocycles. The number of halogens is 1. The van der Waals surface area contributed by atoms with Crippen LogP contribution in [0.5, 0.6) is 0 Å². The maximum atomic E-state index is 6.13. The second-order valence-electron chi connectivity index (χ2n) is 5.00. The van der Waals surface area contributed by atoms with Crippen molar-refractivity contribution in [3.63, 3.8) is 0 Å². The minimum atomic E-state index is 0.534. The predicted molar refractivity (Wildman–Crippen MR) is 72.7 cm³/mol. The summed E-state index contributed by atoms with van der Waals surface area (Å²) in [7, 11) is 0. The van der Waals surface area contributed by atoms with Crippen LogP contribution in [0, 0.1) is 0 Å². The number of benzene rings is 1. The Morgan fingerprint density at radius 1 is 1.35 bits per heavy atom. The Labute approximate surface area is 107 Å². The van der Waals surface area contributed by atoms with Crippen LogP contribution in [0.3, 0.4) is 0 Å². The Hall–Kier alpha value is -0.990. The smallest absolute Gasteiger partial charge is 0.0487 e. The maximum absolute atomic E-state index is 6.13. The van der Waals surface area contributed by atoms with Crippen molar-refractivity contribution in [2.45, 2.75) is 32.9 Å². The first kappa shape index (κ1) is 11.1. The van der Waals surface area contributed by atoms with Crippen LogP contribution < -0.4 is 5.32 Å². The van der Waals surface area contributed by atoms with Crippen molar-refractivity contribution in [2.24, 2.45) is 0 Å². The van der Waals surface area contributed by atoms with E-state index in [0.717, 1.165) is 24.7 Å². The molecule has 0 fully saturated rings. The molecule has 0 aliphatic carbocycles. The van der Waals surface area contributed by atoms with E-state index in [1.54, 1.807) is 0 Å². The summed E-state index contributed by atoms with van der Waals surface area (Å²) in [5.41, 5.74) is 4.22. The van der Waals surface area contributed by atoms with Crippen LogP contribution in [-0.2, 0) is 13.1 Å². The highest BCUT2D eigenvalue weighted by Crippen LogP contribution is 2.34. The van der Waals surface area contributed by atoms with Crippen LogP contribution in [0.2, 0.25) is 5.02 Å². The lowest BCUT2D eigenvalue weighted by molar-refractivity contribution is 0.520. The molecule has 1 aromatic heterocycles. The Balaban J connectivity index is 2.38. The molecular weight excluding hydrogens is 232 g/mol. The summed E-state index contributed by atoms with van der Waals surface area (Å²) in [6.07, 6.45) is 0. The number of hydrogen-bond acceptors (Lipinski definition) is 1. The maximum Gasteiger partial charge on any atom is 0.0487 e. The fourth-order valence-corrected chi connectivity index (χ4v) is 3.07. The van der Waals surface area contributed by atoms with Crippen molar-refractivity contribution >= 4 is 22.5 Å². The fourth-order valence-electron chi connectivity index (χ4n) is 2.89. The van der Waals surface area contributed by atoms with Gasteiger partial charge in [0.2, 0.25) is 0 Å². The Morgan fingerprint density at radius 2 is 2.18 bits per heavy atom. The lowest BCUT2D eigenvalue weighted by Gasteiger charge is -2.19. The predicted octanol–water partition coefficient (Wildman–Crippen LogP) is 3.52. The summed E-state index contributed by atoms with van der Waals surface area (Å²) in [6, 6.07) is 6.25. The second kappa shape index (κ2) is 4.04. The van der Waals surface area contributed by atoms with Gasteiger partial charge >= 0.3 is 0 Å². The van der Waals surface area contributed by atoms with E-state index in [1.165, 1.54) is 22.2 Å². The van der Waals surface area contributed by atoms with E-state index in [1.807, 2.05) is 6.07 Å². The lowest BCUT2D eigenvalue weighted by Crippen LogP contribution is -2.28. The van der Waals surface area contributed by atoms with Gasteiger partial charge in [-0.2, -0.15) is 0 Å². The highest BCUT2D eigenvalue weighted by atomic mass is 35.5. The standard InChI is InChI=1S/C14H17ClN2/c1-9(2)14-11-7-10(15)3-4-12(11)17-6-5-16-8-13(14)17/h3-4,7,9,16H,5-6,8H2,1-2H3. The molecule has 0 spiro atoms. The molecule has 2 aromatic rings. The molecule has 3 heteroatoms. The van der Waals surface area contributed by atoms with E-state index in [2.05, 4.69) is 35.9 Å². The van der Waals surface area contributed by atoms with E-state index in [0.29, 0.717) is 5.92 Å². The van der Waals surface area contributed by atoms with Gasteiger partial charge in [-0.25, -0.2) is 0 Å². The minimum Gasteiger partial charge on any atom is -0.342 e. The topological polar surface area (TPSA) is 17.0 Å². The van der Waals surface area contributed by atoms with Gasteiger partial charge in [-0.05, 0) is 29.7 Å². The summed E-state index contributed by atoms with van der Waals surface area (Å²) >= 11 is 6.13. The van der Waals surface area contributed by atoms with E-state index in [9.17, 15) is 0 Å². The molecule has 1 aliphatic heterocycles. The number of fused-ring (bicyclic) bond motifs is 3. The van der Waals surface area contributed by atoms with Gasteiger partial charge in [-0.1, -0.05) is 25.4 Å². The number of hydrogen-bond donors (Lipinski definition) is 1. The fraction of sp³-hybridized carbons (Fsp3) is 0.429. The van der Waals surface area contributed by atoms with Crippen molar-refractivity contribution < 1.29 is 0 Å². The summed E-state index contributed by atoms with van der Waals surface area (Å²) in [4.78, 5) is 0. The molecule has 0 unspecified atom stereocenters. The molecule has 0 saturated heterocycles. The van der Waals surface area contributed by atoms with E-state index >= 15 is 0 Å². The summed E-state index contributed by atoms with van der Waals surface area (Å²) in [5.74, 6) is 0.534. The number of nitrogens with zero attached hydrogens (tertiary/aromatic N) is 1. The molecule has 1 aliphatic rings. The van der Waals surface area contributed by atoms with E-state index < -0.39 is 0 Å². The molecule has 2 heterocycles. The van der Waals surface area contributed by atoms with Crippen LogP contribution in [0.4, 0.5) is 0 Å². The molecule has 2 nitrogen and oxygen atoms in total. The Bertz CT molecular complexity index is 569. The molecule has 0 atom stereocenters. The van der Waals surface area contributed by atoms with Gasteiger partial charge in [0.05, 0.1) is 0 Å². The quantitative estimate of drug-likeness (QED) is 0.817. The molecule has 0 bridgehead atoms. The molecule has 1 N–H and O–H groups in total. The zero-order chi connectivity index (χ0) is 12.0. The minimum absolute atomic E-state index is 0.534. The number of rotatable bonds is 1. The van der Waals surface area contributed by atoms with Crippen molar-refractivity contribution in [1.29, 1.82) is 0 Å². The largest absolute Gasteiger partial charge is 0.342 e. The van der Waals surface area contributed by atoms with Crippen LogP contribution >= 0.6 is 11.6 Å². The summed E-state index contributed by atoms with van der Waals surface area (Å²) in [6.45, 7) is 7.59. The number of nitrogens with one attached hydrogen (secondary N) is 1. The van der Waals surface area contributed by atoms with Gasteiger partial charge in [-0.3, -0.25) is 0 Å². The second-order valence-corrected chi connectivity index (χ2v) is 5.44. The summed E-state index contributed by atoms with van der Waals surface area (Å²) in [5, 5.41) is 5.61. The van der Waals surface area contributed by atoms with Crippen LogP contribution in [0.1, 0.15) is 31.0 Å². The molecule has 0 saturated carbocycles. The average Bonchev–Trinajstić information content (AvgIpc) is 2.62. The molecule has 90 valence electrons. The average molecular weight is 249 g/mol. The Morgan fingerprint density at radius 3 is 2.94 bits per heavy atom. The van der Waals surface area contributed by atoms with Gasteiger partial charge < -0.3 is 9.88 Å². The van der Waals surface area contributed by atoms with Gasteiger partial charge in [0.15, 0.2) is 0 Å². The monoisotopic (exact) mass is 248 g/mol. The van der Waals surface area contributed by atoms with E-state index in [4.69, 9.17) is 11.6 Å². The molecular formula is C14H17ClN2. The highest BCUT2D eigenvalue weighted by Gasteiger charge is 2.21. The first-order valence-corrected chi connectivity index (χ1v) is 6.57. The van der Waals surface area contributed by atoms with Gasteiger partial charge in [0.1, 0.15) is 0 Å². The van der Waals surface area contributed by atoms with Crippen molar-refractivity contribution in [3.8, 4) is 0 Å². The van der Waals surface area contributed by atoms with Crippen LogP contribution in [0.15, 0.2) is 18.2 Å². The zero-order valence-electron chi connectivity index (χ0n) is 10.3. The SMILES string of the molecule is CC(C)c1c2n(c3ccc(Cl)cc13)CCNC2. The Kier molecular flexibility index (Phi) is 2.64. The normalized spacial score (nSPS) is 15.5. The van der Waals surface area contributed by atoms with Crippen LogP contribution in [-0.4, -0.2) is 11.1 Å². The third-order valence-corrected chi connectivity index (χ3v) is 3.79. The lowest BCUT2D eigenvalue weighted by atomic mass is 9.99. The van der Waals surface area contributed by atoms with Crippen molar-refractivity contribution in [3.05, 3.63) is 34.5 Å². The molecule has 0 amide bonds. The molecule has 0 radical (unpaired) electrons. The van der Waals surface area contributed by atoms with Crippen LogP contribution in [0.25, 0.3) is 10.9 Å². The van der Waals surface area contributed by atoms with Gasteiger partial charge in [-0.15, -0.1) is 0 Å². The first-order valence-electron chi connectivity index (χ1n) is 6.19. The highest BCUT2D eigenvalue weighted by molar-refractivity contribution is 6.31. The first-order chi connectivity index (χ1) is 8.18. The van der Waals surface area contributed by atoms with E-state index in [-0.39, 0.29) is 0 Å². The van der Waals surface area contributed by atoms with Gasteiger partial charge in [0.25, 0.3) is 0 Å². The third kappa shape index (κ3) is 1.67.